The van der Waals surface area contributed by atoms with E-state index in [9.17, 15) is 0 Å². The Balaban J connectivity index is 1.39. The van der Waals surface area contributed by atoms with Crippen LogP contribution >= 0.6 is 11.3 Å². The quantitative estimate of drug-likeness (QED) is 0.601. The molecule has 4 rings (SSSR count). The van der Waals surface area contributed by atoms with Crippen molar-refractivity contribution in [2.24, 2.45) is 0 Å². The Hall–Kier alpha value is -2.55. The minimum absolute atomic E-state index is 0.269. The highest BCUT2D eigenvalue weighted by molar-refractivity contribution is 7.15. The van der Waals surface area contributed by atoms with Crippen LogP contribution in [-0.4, -0.2) is 64.3 Å². The maximum atomic E-state index is 8.99. The van der Waals surface area contributed by atoms with E-state index in [0.717, 1.165) is 66.1 Å². The Labute approximate surface area is 181 Å². The topological polar surface area (TPSA) is 77.4 Å². The van der Waals surface area contributed by atoms with Crippen LogP contribution in [0.4, 0.5) is 17.3 Å². The second-order valence-corrected chi connectivity index (χ2v) is 8.69. The average molecular weight is 425 g/mol. The van der Waals surface area contributed by atoms with Crippen molar-refractivity contribution in [3.05, 3.63) is 47.2 Å². The van der Waals surface area contributed by atoms with Gasteiger partial charge in [-0.15, -0.1) is 11.3 Å². The number of anilines is 3. The lowest BCUT2D eigenvalue weighted by Crippen LogP contribution is -2.46. The van der Waals surface area contributed by atoms with Gasteiger partial charge in [-0.05, 0) is 50.6 Å². The van der Waals surface area contributed by atoms with E-state index in [-0.39, 0.29) is 6.61 Å². The number of nitrogens with one attached hydrogen (secondary N) is 1. The molecule has 0 amide bonds. The van der Waals surface area contributed by atoms with E-state index in [0.29, 0.717) is 5.95 Å². The highest BCUT2D eigenvalue weighted by Gasteiger charge is 2.16. The normalized spacial score (nSPS) is 14.8. The highest BCUT2D eigenvalue weighted by Crippen LogP contribution is 2.29. The average Bonchev–Trinajstić information content (AvgIpc) is 3.11. The number of rotatable bonds is 7. The molecular formula is C22H28N6OS. The second kappa shape index (κ2) is 9.51. The zero-order valence-corrected chi connectivity index (χ0v) is 18.3. The van der Waals surface area contributed by atoms with Gasteiger partial charge in [-0.1, -0.05) is 0 Å². The molecule has 0 radical (unpaired) electrons. The Bertz CT molecular complexity index is 966. The van der Waals surface area contributed by atoms with Crippen LogP contribution in [0.2, 0.25) is 0 Å². The van der Waals surface area contributed by atoms with Gasteiger partial charge in [0.05, 0.1) is 21.3 Å². The first kappa shape index (κ1) is 20.7. The third kappa shape index (κ3) is 4.95. The predicted octanol–water partition coefficient (Wildman–Crippen LogP) is 3.46. The number of nitrogens with zero attached hydrogens (tertiary/aromatic N) is 5. The number of hydrogen-bond donors (Lipinski definition) is 2. The Morgan fingerprint density at radius 3 is 2.47 bits per heavy atom. The van der Waals surface area contributed by atoms with Gasteiger partial charge in [-0.2, -0.15) is 0 Å². The molecule has 8 heteroatoms. The standard InChI is InChI=1S/C22H28N6OS/c1-16-21(30-17(2)24-16)20-8-9-23-22(26-20)25-18-4-6-19(7-5-18)28-13-11-27(12-14-28)10-3-15-29/h4-9,29H,3,10-15H2,1-2H3,(H,23,25,26). The molecule has 1 aliphatic rings. The molecule has 0 saturated carbocycles. The summed E-state index contributed by atoms with van der Waals surface area (Å²) < 4.78 is 0. The van der Waals surface area contributed by atoms with Crippen LogP contribution in [0.25, 0.3) is 10.6 Å². The Morgan fingerprint density at radius 2 is 1.80 bits per heavy atom. The van der Waals surface area contributed by atoms with Crippen LogP contribution in [0.15, 0.2) is 36.5 Å². The van der Waals surface area contributed by atoms with Crippen molar-refractivity contribution in [3.8, 4) is 10.6 Å². The summed E-state index contributed by atoms with van der Waals surface area (Å²) >= 11 is 1.65. The van der Waals surface area contributed by atoms with Crippen molar-refractivity contribution in [2.45, 2.75) is 20.3 Å². The molecule has 1 fully saturated rings. The fourth-order valence-corrected chi connectivity index (χ4v) is 4.61. The van der Waals surface area contributed by atoms with Gasteiger partial charge in [0, 0.05) is 56.9 Å². The van der Waals surface area contributed by atoms with Gasteiger partial charge in [-0.25, -0.2) is 15.0 Å². The van der Waals surface area contributed by atoms with Gasteiger partial charge in [0.1, 0.15) is 0 Å². The lowest BCUT2D eigenvalue weighted by Gasteiger charge is -2.36. The molecule has 0 unspecified atom stereocenters. The summed E-state index contributed by atoms with van der Waals surface area (Å²) in [5, 5.41) is 13.3. The summed E-state index contributed by atoms with van der Waals surface area (Å²) in [5.74, 6) is 0.586. The SMILES string of the molecule is Cc1nc(C)c(-c2ccnc(Nc3ccc(N4CCN(CCCO)CC4)cc3)n2)s1. The van der Waals surface area contributed by atoms with Crippen LogP contribution in [0.5, 0.6) is 0 Å². The van der Waals surface area contributed by atoms with Crippen molar-refractivity contribution < 1.29 is 5.11 Å². The summed E-state index contributed by atoms with van der Waals surface area (Å²) in [6.45, 7) is 9.37. The monoisotopic (exact) mass is 424 g/mol. The van der Waals surface area contributed by atoms with Crippen molar-refractivity contribution >= 4 is 28.7 Å². The molecule has 2 N–H and O–H groups in total. The number of thiazole rings is 1. The van der Waals surface area contributed by atoms with Crippen molar-refractivity contribution in [2.75, 3.05) is 49.5 Å². The van der Waals surface area contributed by atoms with E-state index in [2.05, 4.69) is 54.3 Å². The van der Waals surface area contributed by atoms with Gasteiger partial charge >= 0.3 is 0 Å². The number of piperazine rings is 1. The molecule has 3 aromatic rings. The van der Waals surface area contributed by atoms with Crippen LogP contribution in [0.1, 0.15) is 17.1 Å². The molecule has 0 atom stereocenters. The first-order valence-corrected chi connectivity index (χ1v) is 11.2. The second-order valence-electron chi connectivity index (χ2n) is 7.49. The number of hydrogen-bond acceptors (Lipinski definition) is 8. The van der Waals surface area contributed by atoms with E-state index in [1.165, 1.54) is 5.69 Å². The van der Waals surface area contributed by atoms with Gasteiger partial charge in [0.2, 0.25) is 5.95 Å². The number of benzene rings is 1. The Kier molecular flexibility index (Phi) is 6.56. The zero-order valence-electron chi connectivity index (χ0n) is 17.5. The Morgan fingerprint density at radius 1 is 1.03 bits per heavy atom. The molecule has 2 aromatic heterocycles. The molecule has 7 nitrogen and oxygen atoms in total. The predicted molar refractivity (Wildman–Crippen MR) is 123 cm³/mol. The van der Waals surface area contributed by atoms with E-state index in [4.69, 9.17) is 5.11 Å². The largest absolute Gasteiger partial charge is 0.396 e. The van der Waals surface area contributed by atoms with Crippen molar-refractivity contribution in [3.63, 3.8) is 0 Å². The molecule has 0 bridgehead atoms. The number of aryl methyl sites for hydroxylation is 2. The molecule has 30 heavy (non-hydrogen) atoms. The van der Waals surface area contributed by atoms with Gasteiger partial charge < -0.3 is 15.3 Å². The molecule has 158 valence electrons. The maximum absolute atomic E-state index is 8.99. The van der Waals surface area contributed by atoms with Crippen LogP contribution < -0.4 is 10.2 Å². The fraction of sp³-hybridized carbons (Fsp3) is 0.409. The molecular weight excluding hydrogens is 396 g/mol. The lowest BCUT2D eigenvalue weighted by molar-refractivity contribution is 0.216. The van der Waals surface area contributed by atoms with E-state index in [1.54, 1.807) is 17.5 Å². The summed E-state index contributed by atoms with van der Waals surface area (Å²) in [5.41, 5.74) is 4.09. The number of aliphatic hydroxyl groups excluding tert-OH is 1. The summed E-state index contributed by atoms with van der Waals surface area (Å²) in [6, 6.07) is 10.4. The molecule has 3 heterocycles. The zero-order chi connectivity index (χ0) is 20.9. The first-order chi connectivity index (χ1) is 14.6. The summed E-state index contributed by atoms with van der Waals surface area (Å²) in [7, 11) is 0. The van der Waals surface area contributed by atoms with Crippen molar-refractivity contribution in [1.29, 1.82) is 0 Å². The van der Waals surface area contributed by atoms with Gasteiger partial charge in [-0.3, -0.25) is 4.90 Å². The lowest BCUT2D eigenvalue weighted by atomic mass is 10.2. The van der Waals surface area contributed by atoms with E-state index in [1.807, 2.05) is 19.9 Å². The number of aliphatic hydroxyl groups is 1. The fourth-order valence-electron chi connectivity index (χ4n) is 3.72. The van der Waals surface area contributed by atoms with Crippen LogP contribution in [-0.2, 0) is 0 Å². The number of aromatic nitrogens is 3. The third-order valence-electron chi connectivity index (χ3n) is 5.29. The van der Waals surface area contributed by atoms with Crippen LogP contribution in [0.3, 0.4) is 0 Å². The maximum Gasteiger partial charge on any atom is 0.227 e. The molecule has 1 aliphatic heterocycles. The smallest absolute Gasteiger partial charge is 0.227 e. The molecule has 0 aliphatic carbocycles. The van der Waals surface area contributed by atoms with E-state index < -0.39 is 0 Å². The minimum Gasteiger partial charge on any atom is -0.396 e. The molecule has 0 spiro atoms. The third-order valence-corrected chi connectivity index (χ3v) is 6.38. The van der Waals surface area contributed by atoms with Crippen LogP contribution in [0, 0.1) is 13.8 Å². The van der Waals surface area contributed by atoms with Crippen molar-refractivity contribution in [1.82, 2.24) is 19.9 Å². The van der Waals surface area contributed by atoms with Gasteiger partial charge in [0.15, 0.2) is 0 Å². The van der Waals surface area contributed by atoms with E-state index >= 15 is 0 Å². The molecule has 1 saturated heterocycles. The summed E-state index contributed by atoms with van der Waals surface area (Å²) in [6.07, 6.45) is 2.63. The summed E-state index contributed by atoms with van der Waals surface area (Å²) in [4.78, 5) is 19.4. The first-order valence-electron chi connectivity index (χ1n) is 10.3. The minimum atomic E-state index is 0.269. The molecule has 1 aromatic carbocycles. The highest BCUT2D eigenvalue weighted by atomic mass is 32.1. The van der Waals surface area contributed by atoms with Gasteiger partial charge in [0.25, 0.3) is 0 Å².